The van der Waals surface area contributed by atoms with E-state index in [-0.39, 0.29) is 17.2 Å². The van der Waals surface area contributed by atoms with Gasteiger partial charge in [0, 0.05) is 11.1 Å². The Balaban J connectivity index is 2.71. The maximum atomic E-state index is 12.0. The van der Waals surface area contributed by atoms with Crippen LogP contribution in [-0.4, -0.2) is 23.3 Å². The van der Waals surface area contributed by atoms with Gasteiger partial charge in [-0.05, 0) is 46.2 Å². The highest BCUT2D eigenvalue weighted by Crippen LogP contribution is 2.16. The Labute approximate surface area is 120 Å². The van der Waals surface area contributed by atoms with E-state index in [0.717, 1.165) is 6.42 Å². The van der Waals surface area contributed by atoms with Gasteiger partial charge in [0.25, 0.3) is 5.91 Å². The van der Waals surface area contributed by atoms with Crippen molar-refractivity contribution in [3.63, 3.8) is 0 Å². The van der Waals surface area contributed by atoms with Crippen LogP contribution in [0.4, 0.5) is 0 Å². The molecular weight excluding hydrogens is 254 g/mol. The van der Waals surface area contributed by atoms with Gasteiger partial charge in [-0.15, -0.1) is 0 Å². The van der Waals surface area contributed by atoms with Crippen LogP contribution in [0, 0.1) is 0 Å². The highest BCUT2D eigenvalue weighted by Gasteiger charge is 2.22. The SMILES string of the molecule is CCC(C)(C)NC(=O)C(C)Oc1cccc(C(C)=O)c1. The third-order valence-corrected chi connectivity index (χ3v) is 3.27. The van der Waals surface area contributed by atoms with Crippen LogP contribution >= 0.6 is 0 Å². The van der Waals surface area contributed by atoms with E-state index < -0.39 is 6.10 Å². The molecule has 0 bridgehead atoms. The number of hydrogen-bond donors (Lipinski definition) is 1. The smallest absolute Gasteiger partial charge is 0.261 e. The van der Waals surface area contributed by atoms with Gasteiger partial charge in [0.15, 0.2) is 11.9 Å². The van der Waals surface area contributed by atoms with Crippen molar-refractivity contribution in [1.82, 2.24) is 5.32 Å². The van der Waals surface area contributed by atoms with Crippen molar-refractivity contribution < 1.29 is 14.3 Å². The molecule has 1 N–H and O–H groups in total. The molecule has 110 valence electrons. The van der Waals surface area contributed by atoms with Crippen molar-refractivity contribution >= 4 is 11.7 Å². The first-order valence-electron chi connectivity index (χ1n) is 6.85. The number of carbonyl (C=O) groups is 2. The molecule has 0 aromatic heterocycles. The van der Waals surface area contributed by atoms with Gasteiger partial charge in [-0.25, -0.2) is 0 Å². The van der Waals surface area contributed by atoms with E-state index in [1.54, 1.807) is 31.2 Å². The van der Waals surface area contributed by atoms with E-state index in [0.29, 0.717) is 11.3 Å². The van der Waals surface area contributed by atoms with Gasteiger partial charge in [0.05, 0.1) is 0 Å². The quantitative estimate of drug-likeness (QED) is 0.813. The number of amides is 1. The van der Waals surface area contributed by atoms with Crippen LogP contribution in [0.2, 0.25) is 0 Å². The summed E-state index contributed by atoms with van der Waals surface area (Å²) >= 11 is 0. The number of carbonyl (C=O) groups excluding carboxylic acids is 2. The Kier molecular flexibility index (Phi) is 5.31. The van der Waals surface area contributed by atoms with Crippen LogP contribution in [0.1, 0.15) is 51.4 Å². The first-order chi connectivity index (χ1) is 9.25. The third kappa shape index (κ3) is 4.68. The molecule has 1 aromatic carbocycles. The maximum absolute atomic E-state index is 12.0. The molecule has 1 rings (SSSR count). The van der Waals surface area contributed by atoms with Gasteiger partial charge >= 0.3 is 0 Å². The Morgan fingerprint density at radius 3 is 2.55 bits per heavy atom. The monoisotopic (exact) mass is 277 g/mol. The lowest BCUT2D eigenvalue weighted by molar-refractivity contribution is -0.128. The maximum Gasteiger partial charge on any atom is 0.261 e. The van der Waals surface area contributed by atoms with Crippen LogP contribution in [0.15, 0.2) is 24.3 Å². The first-order valence-corrected chi connectivity index (χ1v) is 6.85. The fourth-order valence-corrected chi connectivity index (χ4v) is 1.57. The summed E-state index contributed by atoms with van der Waals surface area (Å²) in [7, 11) is 0. The number of Topliss-reactive ketones (excluding diaryl/α,β-unsaturated/α-hetero) is 1. The molecule has 4 nitrogen and oxygen atoms in total. The number of hydrogen-bond acceptors (Lipinski definition) is 3. The molecule has 20 heavy (non-hydrogen) atoms. The van der Waals surface area contributed by atoms with Crippen LogP contribution in [0.25, 0.3) is 0 Å². The fraction of sp³-hybridized carbons (Fsp3) is 0.500. The van der Waals surface area contributed by atoms with E-state index >= 15 is 0 Å². The zero-order valence-electron chi connectivity index (χ0n) is 12.8. The zero-order valence-corrected chi connectivity index (χ0v) is 12.8. The largest absolute Gasteiger partial charge is 0.481 e. The van der Waals surface area contributed by atoms with Crippen LogP contribution in [0.5, 0.6) is 5.75 Å². The average molecular weight is 277 g/mol. The molecule has 0 fully saturated rings. The highest BCUT2D eigenvalue weighted by molar-refractivity contribution is 5.94. The van der Waals surface area contributed by atoms with Gasteiger partial charge < -0.3 is 10.1 Å². The second kappa shape index (κ2) is 6.55. The number of rotatable bonds is 6. The fourth-order valence-electron chi connectivity index (χ4n) is 1.57. The topological polar surface area (TPSA) is 55.4 Å². The predicted octanol–water partition coefficient (Wildman–Crippen LogP) is 2.96. The molecule has 0 spiro atoms. The van der Waals surface area contributed by atoms with E-state index in [9.17, 15) is 9.59 Å². The molecule has 1 atom stereocenters. The van der Waals surface area contributed by atoms with E-state index in [1.165, 1.54) is 6.92 Å². The van der Waals surface area contributed by atoms with Crippen molar-refractivity contribution in [2.45, 2.75) is 52.7 Å². The molecule has 1 unspecified atom stereocenters. The van der Waals surface area contributed by atoms with Gasteiger partial charge in [-0.3, -0.25) is 9.59 Å². The minimum atomic E-state index is -0.608. The summed E-state index contributed by atoms with van der Waals surface area (Å²) in [5.41, 5.74) is 0.319. The first kappa shape index (κ1) is 16.2. The summed E-state index contributed by atoms with van der Waals surface area (Å²) in [5.74, 6) is 0.333. The van der Waals surface area contributed by atoms with Crippen molar-refractivity contribution in [1.29, 1.82) is 0 Å². The van der Waals surface area contributed by atoms with E-state index in [4.69, 9.17) is 4.74 Å². The normalized spacial score (nSPS) is 12.7. The summed E-state index contributed by atoms with van der Waals surface area (Å²) in [5, 5.41) is 2.93. The molecule has 1 aromatic rings. The summed E-state index contributed by atoms with van der Waals surface area (Å²) < 4.78 is 5.59. The lowest BCUT2D eigenvalue weighted by atomic mass is 10.0. The summed E-state index contributed by atoms with van der Waals surface area (Å²) in [6.45, 7) is 9.14. The molecule has 4 heteroatoms. The summed E-state index contributed by atoms with van der Waals surface area (Å²) in [6, 6.07) is 6.85. The second-order valence-corrected chi connectivity index (χ2v) is 5.57. The van der Waals surface area contributed by atoms with Crippen LogP contribution in [0.3, 0.4) is 0 Å². The van der Waals surface area contributed by atoms with Crippen molar-refractivity contribution in [3.05, 3.63) is 29.8 Å². The minimum absolute atomic E-state index is 0.0281. The Hall–Kier alpha value is -1.84. The Morgan fingerprint density at radius 1 is 1.35 bits per heavy atom. The summed E-state index contributed by atoms with van der Waals surface area (Å²) in [4.78, 5) is 23.3. The van der Waals surface area contributed by atoms with Crippen LogP contribution < -0.4 is 10.1 Å². The number of ether oxygens (including phenoxy) is 1. The zero-order chi connectivity index (χ0) is 15.3. The van der Waals surface area contributed by atoms with Crippen molar-refractivity contribution in [2.75, 3.05) is 0 Å². The second-order valence-electron chi connectivity index (χ2n) is 5.57. The molecule has 0 saturated heterocycles. The Morgan fingerprint density at radius 2 is 2.00 bits per heavy atom. The van der Waals surface area contributed by atoms with Crippen LogP contribution in [-0.2, 0) is 4.79 Å². The van der Waals surface area contributed by atoms with Crippen molar-refractivity contribution in [2.24, 2.45) is 0 Å². The van der Waals surface area contributed by atoms with E-state index in [1.807, 2.05) is 20.8 Å². The van der Waals surface area contributed by atoms with Gasteiger partial charge in [-0.1, -0.05) is 19.1 Å². The molecule has 0 radical (unpaired) electrons. The Bertz CT molecular complexity index is 494. The number of ketones is 1. The molecule has 0 saturated carbocycles. The third-order valence-electron chi connectivity index (χ3n) is 3.27. The lowest BCUT2D eigenvalue weighted by Gasteiger charge is -2.26. The van der Waals surface area contributed by atoms with Gasteiger partial charge in [0.1, 0.15) is 5.75 Å². The number of nitrogens with one attached hydrogen (secondary N) is 1. The molecule has 0 heterocycles. The van der Waals surface area contributed by atoms with E-state index in [2.05, 4.69) is 5.32 Å². The highest BCUT2D eigenvalue weighted by atomic mass is 16.5. The standard InChI is InChI=1S/C16H23NO3/c1-6-16(4,5)17-15(19)12(3)20-14-9-7-8-13(10-14)11(2)18/h7-10,12H,6H2,1-5H3,(H,17,19). The van der Waals surface area contributed by atoms with Gasteiger partial charge in [0.2, 0.25) is 0 Å². The molecule has 0 aliphatic heterocycles. The molecule has 0 aliphatic rings. The lowest BCUT2D eigenvalue weighted by Crippen LogP contribution is -2.48. The predicted molar refractivity (Wildman–Crippen MR) is 79.0 cm³/mol. The summed E-state index contributed by atoms with van der Waals surface area (Å²) in [6.07, 6.45) is 0.230. The number of benzene rings is 1. The molecular formula is C16H23NO3. The minimum Gasteiger partial charge on any atom is -0.481 e. The van der Waals surface area contributed by atoms with Crippen molar-refractivity contribution in [3.8, 4) is 5.75 Å². The molecule has 0 aliphatic carbocycles. The average Bonchev–Trinajstić information content (AvgIpc) is 2.38. The molecule has 1 amide bonds. The van der Waals surface area contributed by atoms with Gasteiger partial charge in [-0.2, -0.15) is 0 Å².